The lowest BCUT2D eigenvalue weighted by molar-refractivity contribution is 0.666. The van der Waals surface area contributed by atoms with E-state index in [0.717, 1.165) is 22.8 Å². The number of thiazole rings is 1. The van der Waals surface area contributed by atoms with Gasteiger partial charge >= 0.3 is 0 Å². The van der Waals surface area contributed by atoms with E-state index in [-0.39, 0.29) is 0 Å². The van der Waals surface area contributed by atoms with Crippen molar-refractivity contribution in [3.05, 3.63) is 29.3 Å². The van der Waals surface area contributed by atoms with Crippen molar-refractivity contribution in [2.24, 2.45) is 0 Å². The Balaban J connectivity index is 1.97. The first-order valence-corrected chi connectivity index (χ1v) is 8.05. The fourth-order valence-corrected chi connectivity index (χ4v) is 3.62. The summed E-state index contributed by atoms with van der Waals surface area (Å²) in [5, 5.41) is 2.34. The predicted molar refractivity (Wildman–Crippen MR) is 87.2 cm³/mol. The van der Waals surface area contributed by atoms with Gasteiger partial charge < -0.3 is 5.73 Å². The Morgan fingerprint density at radius 1 is 1.10 bits per heavy atom. The Hall–Kier alpha value is -1.68. The normalized spacial score (nSPS) is 11.4. The molecular weight excluding hydrogens is 266 g/mol. The molecule has 3 rings (SSSR count). The van der Waals surface area contributed by atoms with Gasteiger partial charge in [-0.05, 0) is 18.9 Å². The Morgan fingerprint density at radius 3 is 2.80 bits per heavy atom. The second kappa shape index (κ2) is 5.75. The van der Waals surface area contributed by atoms with Crippen LogP contribution in [0.15, 0.2) is 24.3 Å². The molecule has 0 saturated carbocycles. The quantitative estimate of drug-likeness (QED) is 0.700. The Bertz CT molecular complexity index is 733. The van der Waals surface area contributed by atoms with Crippen molar-refractivity contribution in [1.82, 2.24) is 9.97 Å². The zero-order valence-electron chi connectivity index (χ0n) is 11.7. The number of nitrogen functional groups attached to an aromatic ring is 1. The molecule has 0 amide bonds. The van der Waals surface area contributed by atoms with Gasteiger partial charge in [0.05, 0.1) is 15.2 Å². The molecule has 0 fully saturated rings. The minimum atomic E-state index is 0.551. The standard InChI is InChI=1S/C16H19N3S/c1-2-3-4-5-10-13-19-14-15(20-13)11-8-6-7-9-12(11)18-16(14)17/h6-9H,2-5,10H2,1H3,(H2,17,18). The number of para-hydroxylation sites is 1. The maximum atomic E-state index is 6.05. The van der Waals surface area contributed by atoms with Crippen LogP contribution in [-0.4, -0.2) is 9.97 Å². The molecule has 0 spiro atoms. The number of anilines is 1. The number of aromatic nitrogens is 2. The topological polar surface area (TPSA) is 51.8 Å². The van der Waals surface area contributed by atoms with Crippen molar-refractivity contribution >= 4 is 38.3 Å². The van der Waals surface area contributed by atoms with E-state index in [0.29, 0.717) is 5.82 Å². The first-order valence-electron chi connectivity index (χ1n) is 7.23. The van der Waals surface area contributed by atoms with Crippen LogP contribution in [0.5, 0.6) is 0 Å². The van der Waals surface area contributed by atoms with Crippen LogP contribution in [0, 0.1) is 0 Å². The average molecular weight is 285 g/mol. The lowest BCUT2D eigenvalue weighted by Crippen LogP contribution is -1.92. The molecule has 20 heavy (non-hydrogen) atoms. The molecule has 0 aliphatic rings. The molecule has 1 aromatic carbocycles. The smallest absolute Gasteiger partial charge is 0.151 e. The van der Waals surface area contributed by atoms with Crippen molar-refractivity contribution in [2.45, 2.75) is 39.0 Å². The Kier molecular flexibility index (Phi) is 3.83. The molecule has 3 aromatic rings. The molecule has 3 nitrogen and oxygen atoms in total. The number of nitrogens with zero attached hydrogens (tertiary/aromatic N) is 2. The van der Waals surface area contributed by atoms with E-state index in [1.165, 1.54) is 35.4 Å². The summed E-state index contributed by atoms with van der Waals surface area (Å²) >= 11 is 1.77. The molecule has 0 atom stereocenters. The number of aryl methyl sites for hydroxylation is 1. The third-order valence-electron chi connectivity index (χ3n) is 3.55. The number of hydrogen-bond donors (Lipinski definition) is 1. The van der Waals surface area contributed by atoms with Crippen molar-refractivity contribution in [1.29, 1.82) is 0 Å². The molecule has 0 radical (unpaired) electrons. The van der Waals surface area contributed by atoms with Gasteiger partial charge in [0.1, 0.15) is 5.52 Å². The van der Waals surface area contributed by atoms with Crippen LogP contribution in [0.3, 0.4) is 0 Å². The molecule has 104 valence electrons. The minimum absolute atomic E-state index is 0.551. The van der Waals surface area contributed by atoms with Crippen LogP contribution >= 0.6 is 11.3 Å². The maximum Gasteiger partial charge on any atom is 0.151 e. The molecule has 0 bridgehead atoms. The van der Waals surface area contributed by atoms with Gasteiger partial charge in [0.25, 0.3) is 0 Å². The minimum Gasteiger partial charge on any atom is -0.382 e. The lowest BCUT2D eigenvalue weighted by Gasteiger charge is -1.99. The largest absolute Gasteiger partial charge is 0.382 e. The van der Waals surface area contributed by atoms with Gasteiger partial charge in [0.2, 0.25) is 0 Å². The van der Waals surface area contributed by atoms with Crippen LogP contribution in [0.25, 0.3) is 21.1 Å². The van der Waals surface area contributed by atoms with E-state index in [1.807, 2.05) is 18.2 Å². The third-order valence-corrected chi connectivity index (χ3v) is 4.70. The summed E-state index contributed by atoms with van der Waals surface area (Å²) in [5.74, 6) is 0.551. The van der Waals surface area contributed by atoms with Crippen molar-refractivity contribution in [2.75, 3.05) is 5.73 Å². The molecule has 0 aliphatic heterocycles. The first-order chi connectivity index (χ1) is 9.79. The highest BCUT2D eigenvalue weighted by atomic mass is 32.1. The number of benzene rings is 1. The van der Waals surface area contributed by atoms with E-state index < -0.39 is 0 Å². The van der Waals surface area contributed by atoms with Gasteiger partial charge in [0, 0.05) is 5.39 Å². The van der Waals surface area contributed by atoms with E-state index in [4.69, 9.17) is 10.7 Å². The van der Waals surface area contributed by atoms with Crippen LogP contribution in [0.4, 0.5) is 5.82 Å². The SMILES string of the molecule is CCCCCCc1nc2c(N)nc3ccccc3c2s1. The van der Waals surface area contributed by atoms with Gasteiger partial charge in [-0.3, -0.25) is 0 Å². The van der Waals surface area contributed by atoms with Crippen molar-refractivity contribution in [3.8, 4) is 0 Å². The summed E-state index contributed by atoms with van der Waals surface area (Å²) in [7, 11) is 0. The summed E-state index contributed by atoms with van der Waals surface area (Å²) < 4.78 is 1.18. The first kappa shape index (κ1) is 13.3. The number of unbranched alkanes of at least 4 members (excludes halogenated alkanes) is 3. The summed E-state index contributed by atoms with van der Waals surface area (Å²) in [5.41, 5.74) is 7.88. The average Bonchev–Trinajstić information content (AvgIpc) is 2.89. The highest BCUT2D eigenvalue weighted by molar-refractivity contribution is 7.19. The molecule has 0 unspecified atom stereocenters. The van der Waals surface area contributed by atoms with Crippen molar-refractivity contribution < 1.29 is 0 Å². The Labute approximate surface area is 122 Å². The van der Waals surface area contributed by atoms with Crippen LogP contribution < -0.4 is 5.73 Å². The highest BCUT2D eigenvalue weighted by Gasteiger charge is 2.11. The van der Waals surface area contributed by atoms with E-state index in [2.05, 4.69) is 18.0 Å². The summed E-state index contributed by atoms with van der Waals surface area (Å²) in [4.78, 5) is 9.14. The fraction of sp³-hybridized carbons (Fsp3) is 0.375. The summed E-state index contributed by atoms with van der Waals surface area (Å²) in [6.07, 6.45) is 6.10. The molecule has 2 N–H and O–H groups in total. The van der Waals surface area contributed by atoms with Crippen LogP contribution in [0.2, 0.25) is 0 Å². The predicted octanol–water partition coefficient (Wildman–Crippen LogP) is 4.55. The summed E-state index contributed by atoms with van der Waals surface area (Å²) in [6, 6.07) is 8.14. The second-order valence-electron chi connectivity index (χ2n) is 5.11. The lowest BCUT2D eigenvalue weighted by atomic mass is 10.2. The van der Waals surface area contributed by atoms with E-state index >= 15 is 0 Å². The Morgan fingerprint density at radius 2 is 1.95 bits per heavy atom. The van der Waals surface area contributed by atoms with Gasteiger partial charge in [-0.1, -0.05) is 44.4 Å². The molecule has 2 aromatic heterocycles. The maximum absolute atomic E-state index is 6.05. The number of hydrogen-bond acceptors (Lipinski definition) is 4. The van der Waals surface area contributed by atoms with E-state index in [1.54, 1.807) is 11.3 Å². The molecular formula is C16H19N3S. The molecule has 0 aliphatic carbocycles. The molecule has 2 heterocycles. The van der Waals surface area contributed by atoms with Gasteiger partial charge in [-0.25, -0.2) is 9.97 Å². The molecule has 4 heteroatoms. The zero-order valence-corrected chi connectivity index (χ0v) is 12.5. The van der Waals surface area contributed by atoms with Gasteiger partial charge in [0.15, 0.2) is 5.82 Å². The number of nitrogens with two attached hydrogens (primary N) is 1. The highest BCUT2D eigenvalue weighted by Crippen LogP contribution is 2.32. The van der Waals surface area contributed by atoms with Crippen LogP contribution in [-0.2, 0) is 6.42 Å². The monoisotopic (exact) mass is 285 g/mol. The van der Waals surface area contributed by atoms with Gasteiger partial charge in [-0.15, -0.1) is 11.3 Å². The second-order valence-corrected chi connectivity index (χ2v) is 6.19. The van der Waals surface area contributed by atoms with E-state index in [9.17, 15) is 0 Å². The molecule has 0 saturated heterocycles. The fourth-order valence-electron chi connectivity index (χ4n) is 2.48. The van der Waals surface area contributed by atoms with Gasteiger partial charge in [-0.2, -0.15) is 0 Å². The number of fused-ring (bicyclic) bond motifs is 3. The van der Waals surface area contributed by atoms with Crippen molar-refractivity contribution in [3.63, 3.8) is 0 Å². The summed E-state index contributed by atoms with van der Waals surface area (Å²) in [6.45, 7) is 2.23. The van der Waals surface area contributed by atoms with Crippen LogP contribution in [0.1, 0.15) is 37.6 Å². The third kappa shape index (κ3) is 2.48. The number of rotatable bonds is 5. The number of pyridine rings is 1. The zero-order chi connectivity index (χ0) is 13.9.